The summed E-state index contributed by atoms with van der Waals surface area (Å²) in [5, 5.41) is 5.57. The molecule has 6 nitrogen and oxygen atoms in total. The first kappa shape index (κ1) is 22.2. The molecule has 2 amide bonds. The number of amides is 2. The van der Waals surface area contributed by atoms with Crippen LogP contribution in [0.4, 0.5) is 5.69 Å². The number of hydrogen-bond donors (Lipinski definition) is 2. The van der Waals surface area contributed by atoms with E-state index in [1.165, 1.54) is 6.42 Å². The van der Waals surface area contributed by atoms with Crippen LogP contribution in [0.3, 0.4) is 0 Å². The maximum Gasteiger partial charge on any atom is 0.243 e. The Balaban J connectivity index is 1.87. The highest BCUT2D eigenvalue weighted by Gasteiger charge is 2.27. The zero-order chi connectivity index (χ0) is 20.7. The summed E-state index contributed by atoms with van der Waals surface area (Å²) in [6, 6.07) is 6.00. The Morgan fingerprint density at radius 1 is 1.21 bits per heavy atom. The van der Waals surface area contributed by atoms with E-state index in [-0.39, 0.29) is 18.4 Å². The van der Waals surface area contributed by atoms with E-state index in [4.69, 9.17) is 4.74 Å². The van der Waals surface area contributed by atoms with E-state index < -0.39 is 0 Å². The lowest BCUT2D eigenvalue weighted by atomic mass is 9.95. The number of rotatable bonds is 7. The quantitative estimate of drug-likeness (QED) is 0.751. The van der Waals surface area contributed by atoms with Gasteiger partial charge >= 0.3 is 0 Å². The molecule has 0 saturated carbocycles. The molecule has 0 spiro atoms. The normalized spacial score (nSPS) is 20.5. The minimum atomic E-state index is -0.262. The van der Waals surface area contributed by atoms with E-state index >= 15 is 0 Å². The molecule has 0 aromatic heterocycles. The van der Waals surface area contributed by atoms with Crippen molar-refractivity contribution in [3.63, 3.8) is 0 Å². The molecular weight excluding hydrogens is 354 g/mol. The van der Waals surface area contributed by atoms with Gasteiger partial charge in [-0.05, 0) is 62.3 Å². The third-order valence-electron chi connectivity index (χ3n) is 5.52. The van der Waals surface area contributed by atoms with Crippen molar-refractivity contribution in [2.45, 2.75) is 53.0 Å². The van der Waals surface area contributed by atoms with Crippen LogP contribution in [0.5, 0.6) is 5.75 Å². The lowest BCUT2D eigenvalue weighted by Gasteiger charge is -2.32. The van der Waals surface area contributed by atoms with Gasteiger partial charge in [-0.25, -0.2) is 0 Å². The SMILES string of the molecule is COc1ccc(C)cc1NC(=O)CNC(=O)CN1CCC(C)CCC1C(C)C. The zero-order valence-corrected chi connectivity index (χ0v) is 17.9. The molecule has 156 valence electrons. The van der Waals surface area contributed by atoms with Gasteiger partial charge in [-0.3, -0.25) is 14.5 Å². The molecule has 1 aliphatic rings. The number of benzene rings is 1. The molecule has 0 aliphatic carbocycles. The Bertz CT molecular complexity index is 675. The van der Waals surface area contributed by atoms with Gasteiger partial charge in [-0.2, -0.15) is 0 Å². The minimum absolute atomic E-state index is 0.0491. The van der Waals surface area contributed by atoms with Gasteiger partial charge in [0.2, 0.25) is 11.8 Å². The molecule has 2 rings (SSSR count). The van der Waals surface area contributed by atoms with E-state index in [0.717, 1.165) is 24.9 Å². The molecule has 1 aliphatic heterocycles. The van der Waals surface area contributed by atoms with Gasteiger partial charge < -0.3 is 15.4 Å². The summed E-state index contributed by atoms with van der Waals surface area (Å²) >= 11 is 0. The minimum Gasteiger partial charge on any atom is -0.495 e. The number of methoxy groups -OCH3 is 1. The van der Waals surface area contributed by atoms with Crippen LogP contribution in [0.15, 0.2) is 18.2 Å². The number of nitrogens with one attached hydrogen (secondary N) is 2. The van der Waals surface area contributed by atoms with Crippen molar-refractivity contribution in [1.82, 2.24) is 10.2 Å². The third kappa shape index (κ3) is 6.51. The summed E-state index contributed by atoms with van der Waals surface area (Å²) in [7, 11) is 1.56. The van der Waals surface area contributed by atoms with Crippen LogP contribution < -0.4 is 15.4 Å². The molecule has 28 heavy (non-hydrogen) atoms. The van der Waals surface area contributed by atoms with Crippen LogP contribution in [-0.2, 0) is 9.59 Å². The number of aryl methyl sites for hydroxylation is 1. The Morgan fingerprint density at radius 3 is 2.64 bits per heavy atom. The van der Waals surface area contributed by atoms with Crippen LogP contribution in [-0.4, -0.2) is 49.5 Å². The molecule has 1 aromatic carbocycles. The lowest BCUT2D eigenvalue weighted by Crippen LogP contribution is -2.46. The van der Waals surface area contributed by atoms with Crippen LogP contribution in [0.1, 0.15) is 45.6 Å². The van der Waals surface area contributed by atoms with E-state index in [1.54, 1.807) is 7.11 Å². The van der Waals surface area contributed by atoms with E-state index in [0.29, 0.717) is 35.9 Å². The van der Waals surface area contributed by atoms with Gasteiger partial charge in [0, 0.05) is 6.04 Å². The number of carbonyl (C=O) groups is 2. The Kier molecular flexibility index (Phi) is 8.30. The Morgan fingerprint density at radius 2 is 1.96 bits per heavy atom. The number of nitrogens with zero attached hydrogens (tertiary/aromatic N) is 1. The molecule has 1 fully saturated rings. The molecule has 2 unspecified atom stereocenters. The topological polar surface area (TPSA) is 70.7 Å². The fourth-order valence-electron chi connectivity index (χ4n) is 3.82. The second kappa shape index (κ2) is 10.5. The second-order valence-electron chi connectivity index (χ2n) is 8.28. The fourth-order valence-corrected chi connectivity index (χ4v) is 3.82. The van der Waals surface area contributed by atoms with Crippen molar-refractivity contribution < 1.29 is 14.3 Å². The Hall–Kier alpha value is -2.08. The van der Waals surface area contributed by atoms with Gasteiger partial charge in [0.1, 0.15) is 5.75 Å². The second-order valence-corrected chi connectivity index (χ2v) is 8.28. The molecule has 0 bridgehead atoms. The summed E-state index contributed by atoms with van der Waals surface area (Å²) in [4.78, 5) is 27.0. The van der Waals surface area contributed by atoms with Crippen molar-refractivity contribution in [2.24, 2.45) is 11.8 Å². The average molecular weight is 390 g/mol. The van der Waals surface area contributed by atoms with Gasteiger partial charge in [0.15, 0.2) is 0 Å². The summed E-state index contributed by atoms with van der Waals surface area (Å²) in [5.41, 5.74) is 1.64. The van der Waals surface area contributed by atoms with Crippen molar-refractivity contribution in [2.75, 3.05) is 32.1 Å². The molecule has 1 heterocycles. The highest BCUT2D eigenvalue weighted by Crippen LogP contribution is 2.26. The van der Waals surface area contributed by atoms with Gasteiger partial charge in [-0.1, -0.05) is 26.8 Å². The molecule has 1 aromatic rings. The third-order valence-corrected chi connectivity index (χ3v) is 5.52. The first-order chi connectivity index (χ1) is 13.3. The number of ether oxygens (including phenoxy) is 1. The predicted molar refractivity (Wildman–Crippen MR) is 113 cm³/mol. The molecular formula is C22H35N3O3. The van der Waals surface area contributed by atoms with Gasteiger partial charge in [0.25, 0.3) is 0 Å². The van der Waals surface area contributed by atoms with Crippen LogP contribution in [0.2, 0.25) is 0 Å². The van der Waals surface area contributed by atoms with Crippen LogP contribution in [0.25, 0.3) is 0 Å². The number of hydrogen-bond acceptors (Lipinski definition) is 4. The number of likely N-dealkylation sites (tertiary alicyclic amines) is 1. The van der Waals surface area contributed by atoms with Crippen molar-refractivity contribution >= 4 is 17.5 Å². The highest BCUT2D eigenvalue weighted by molar-refractivity contribution is 5.96. The average Bonchev–Trinajstić information content (AvgIpc) is 2.82. The summed E-state index contributed by atoms with van der Waals surface area (Å²) < 4.78 is 5.27. The smallest absolute Gasteiger partial charge is 0.243 e. The monoisotopic (exact) mass is 389 g/mol. The van der Waals surface area contributed by atoms with Crippen LogP contribution >= 0.6 is 0 Å². The van der Waals surface area contributed by atoms with Crippen molar-refractivity contribution in [3.8, 4) is 5.75 Å². The standard InChI is InChI=1S/C22H35N3O3/c1-15(2)19-8-6-16(3)10-11-25(19)14-22(27)23-13-21(26)24-18-12-17(4)7-9-20(18)28-5/h7,9,12,15-16,19H,6,8,10-11,13-14H2,1-5H3,(H,23,27)(H,24,26). The van der Waals surface area contributed by atoms with Gasteiger partial charge in [-0.15, -0.1) is 0 Å². The molecule has 6 heteroatoms. The summed E-state index contributed by atoms with van der Waals surface area (Å²) in [5.74, 6) is 1.44. The summed E-state index contributed by atoms with van der Waals surface area (Å²) in [6.07, 6.45) is 3.45. The van der Waals surface area contributed by atoms with E-state index in [2.05, 4.69) is 36.3 Å². The lowest BCUT2D eigenvalue weighted by molar-refractivity contribution is -0.125. The van der Waals surface area contributed by atoms with E-state index in [9.17, 15) is 9.59 Å². The number of anilines is 1. The van der Waals surface area contributed by atoms with Crippen molar-refractivity contribution in [1.29, 1.82) is 0 Å². The fraction of sp³-hybridized carbons (Fsp3) is 0.636. The summed E-state index contributed by atoms with van der Waals surface area (Å²) in [6.45, 7) is 9.89. The maximum absolute atomic E-state index is 12.4. The zero-order valence-electron chi connectivity index (χ0n) is 17.9. The van der Waals surface area contributed by atoms with Crippen molar-refractivity contribution in [3.05, 3.63) is 23.8 Å². The Labute approximate surface area is 169 Å². The van der Waals surface area contributed by atoms with Crippen LogP contribution in [0, 0.1) is 18.8 Å². The molecule has 2 atom stereocenters. The number of carbonyl (C=O) groups excluding carboxylic acids is 2. The maximum atomic E-state index is 12.4. The predicted octanol–water partition coefficient (Wildman–Crippen LogP) is 3.20. The molecule has 2 N–H and O–H groups in total. The van der Waals surface area contributed by atoms with E-state index in [1.807, 2.05) is 25.1 Å². The van der Waals surface area contributed by atoms with Gasteiger partial charge in [0.05, 0.1) is 25.9 Å². The first-order valence-corrected chi connectivity index (χ1v) is 10.3. The highest BCUT2D eigenvalue weighted by atomic mass is 16.5. The largest absolute Gasteiger partial charge is 0.495 e. The molecule has 1 saturated heterocycles. The first-order valence-electron chi connectivity index (χ1n) is 10.3. The molecule has 0 radical (unpaired) electrons.